The molecule has 5 N–H and O–H groups in total. The predicted molar refractivity (Wildman–Crippen MR) is 78.5 cm³/mol. The molecule has 104 valence electrons. The Kier molecular flexibility index (Phi) is 3.61. The van der Waals surface area contributed by atoms with Gasteiger partial charge in [0.15, 0.2) is 0 Å². The number of benzene rings is 2. The van der Waals surface area contributed by atoms with Crippen LogP contribution in [0.2, 0.25) is 0 Å². The van der Waals surface area contributed by atoms with Crippen LogP contribution in [0.15, 0.2) is 30.3 Å². The third kappa shape index (κ3) is 2.56. The van der Waals surface area contributed by atoms with Gasteiger partial charge in [-0.3, -0.25) is 4.79 Å². The Balaban J connectivity index is 2.46. The second kappa shape index (κ2) is 5.21. The molecule has 2 aromatic carbocycles. The van der Waals surface area contributed by atoms with Crippen LogP contribution >= 0.6 is 0 Å². The van der Waals surface area contributed by atoms with Gasteiger partial charge in [0.1, 0.15) is 5.82 Å². The fraction of sp³-hybridized carbons (Fsp3) is 0.133. The maximum atomic E-state index is 13.9. The lowest BCUT2D eigenvalue weighted by Crippen LogP contribution is -2.14. The summed E-state index contributed by atoms with van der Waals surface area (Å²) < 4.78 is 13.9. The molecule has 0 saturated carbocycles. The average molecular weight is 273 g/mol. The first kappa shape index (κ1) is 13.9. The summed E-state index contributed by atoms with van der Waals surface area (Å²) in [7, 11) is 0. The molecule has 0 radical (unpaired) electrons. The minimum Gasteiger partial charge on any atom is -0.398 e. The van der Waals surface area contributed by atoms with E-state index in [-0.39, 0.29) is 16.9 Å². The highest BCUT2D eigenvalue weighted by molar-refractivity contribution is 5.99. The molecule has 0 aliphatic rings. The number of hydrogen-bond donors (Lipinski definition) is 3. The van der Waals surface area contributed by atoms with E-state index in [0.717, 1.165) is 22.9 Å². The van der Waals surface area contributed by atoms with E-state index in [4.69, 9.17) is 11.5 Å². The van der Waals surface area contributed by atoms with Crippen molar-refractivity contribution in [2.24, 2.45) is 5.73 Å². The van der Waals surface area contributed by atoms with E-state index in [1.165, 1.54) is 6.07 Å². The van der Waals surface area contributed by atoms with Gasteiger partial charge in [-0.25, -0.2) is 4.39 Å². The van der Waals surface area contributed by atoms with E-state index in [9.17, 15) is 9.18 Å². The summed E-state index contributed by atoms with van der Waals surface area (Å²) in [4.78, 5) is 11.3. The molecule has 0 aliphatic carbocycles. The Labute approximate surface area is 116 Å². The quantitative estimate of drug-likeness (QED) is 0.752. The highest BCUT2D eigenvalue weighted by atomic mass is 19.1. The van der Waals surface area contributed by atoms with Crippen LogP contribution in [-0.4, -0.2) is 5.91 Å². The third-order valence-electron chi connectivity index (χ3n) is 3.28. The number of halogens is 1. The van der Waals surface area contributed by atoms with Gasteiger partial charge in [0.25, 0.3) is 5.91 Å². The number of nitrogens with one attached hydrogen (secondary N) is 1. The lowest BCUT2D eigenvalue weighted by molar-refractivity contribution is 0.100. The second-order valence-corrected chi connectivity index (χ2v) is 4.66. The third-order valence-corrected chi connectivity index (χ3v) is 3.28. The molecule has 0 bridgehead atoms. The number of nitrogen functional groups attached to an aromatic ring is 1. The molecule has 0 aliphatic heterocycles. The predicted octanol–water partition coefficient (Wildman–Crippen LogP) is 2.87. The fourth-order valence-electron chi connectivity index (χ4n) is 1.93. The first-order chi connectivity index (χ1) is 9.40. The van der Waals surface area contributed by atoms with Gasteiger partial charge in [-0.05, 0) is 43.2 Å². The van der Waals surface area contributed by atoms with Crippen molar-refractivity contribution in [3.63, 3.8) is 0 Å². The first-order valence-corrected chi connectivity index (χ1v) is 6.12. The van der Waals surface area contributed by atoms with Crippen molar-refractivity contribution in [1.82, 2.24) is 0 Å². The largest absolute Gasteiger partial charge is 0.398 e. The Morgan fingerprint density at radius 1 is 1.20 bits per heavy atom. The highest BCUT2D eigenvalue weighted by Crippen LogP contribution is 2.27. The molecule has 0 unspecified atom stereocenters. The van der Waals surface area contributed by atoms with Crippen molar-refractivity contribution in [2.75, 3.05) is 11.1 Å². The summed E-state index contributed by atoms with van der Waals surface area (Å²) >= 11 is 0. The number of amides is 1. The van der Waals surface area contributed by atoms with Crippen LogP contribution in [-0.2, 0) is 0 Å². The number of rotatable bonds is 3. The van der Waals surface area contributed by atoms with Crippen LogP contribution in [0.25, 0.3) is 0 Å². The van der Waals surface area contributed by atoms with E-state index < -0.39 is 11.7 Å². The molecule has 2 aromatic rings. The minimum atomic E-state index is -0.688. The molecule has 4 nitrogen and oxygen atoms in total. The zero-order valence-electron chi connectivity index (χ0n) is 11.3. The van der Waals surface area contributed by atoms with E-state index >= 15 is 0 Å². The molecular formula is C15H16FN3O. The standard InChI is InChI=1S/C15H16FN3O/c1-8-4-3-5-13(9(8)2)19-14-6-10(15(18)20)12(17)7-11(14)16/h3-7,19H,17H2,1-2H3,(H2,18,20). The Hall–Kier alpha value is -2.56. The van der Waals surface area contributed by atoms with Crippen LogP contribution in [0.4, 0.5) is 21.5 Å². The first-order valence-electron chi connectivity index (χ1n) is 6.12. The summed E-state index contributed by atoms with van der Waals surface area (Å²) in [6.07, 6.45) is 0. The van der Waals surface area contributed by atoms with Gasteiger partial charge in [-0.2, -0.15) is 0 Å². The monoisotopic (exact) mass is 273 g/mol. The number of carbonyl (C=O) groups excluding carboxylic acids is 1. The minimum absolute atomic E-state index is 0.0292. The molecule has 0 saturated heterocycles. The number of primary amides is 1. The summed E-state index contributed by atoms with van der Waals surface area (Å²) in [5.41, 5.74) is 13.9. The molecular weight excluding hydrogens is 257 g/mol. The Bertz CT molecular complexity index is 683. The molecule has 0 atom stereocenters. The average Bonchev–Trinajstić information content (AvgIpc) is 2.37. The Morgan fingerprint density at radius 3 is 2.55 bits per heavy atom. The van der Waals surface area contributed by atoms with Crippen molar-refractivity contribution < 1.29 is 9.18 Å². The number of nitrogens with two attached hydrogens (primary N) is 2. The van der Waals surface area contributed by atoms with Gasteiger partial charge in [0.05, 0.1) is 11.3 Å². The summed E-state index contributed by atoms with van der Waals surface area (Å²) in [6.45, 7) is 3.90. The van der Waals surface area contributed by atoms with Crippen molar-refractivity contribution in [3.8, 4) is 0 Å². The number of hydrogen-bond acceptors (Lipinski definition) is 3. The normalized spacial score (nSPS) is 10.3. The maximum absolute atomic E-state index is 13.9. The fourth-order valence-corrected chi connectivity index (χ4v) is 1.93. The van der Waals surface area contributed by atoms with Gasteiger partial charge < -0.3 is 16.8 Å². The molecule has 0 spiro atoms. The summed E-state index contributed by atoms with van der Waals surface area (Å²) in [5.74, 6) is -1.22. The van der Waals surface area contributed by atoms with Gasteiger partial charge in [0.2, 0.25) is 0 Å². The maximum Gasteiger partial charge on any atom is 0.250 e. The van der Waals surface area contributed by atoms with E-state index in [2.05, 4.69) is 5.32 Å². The van der Waals surface area contributed by atoms with Gasteiger partial charge >= 0.3 is 0 Å². The molecule has 1 amide bonds. The van der Waals surface area contributed by atoms with Crippen molar-refractivity contribution >= 4 is 23.0 Å². The van der Waals surface area contributed by atoms with Crippen LogP contribution in [0.3, 0.4) is 0 Å². The van der Waals surface area contributed by atoms with E-state index in [1.54, 1.807) is 0 Å². The van der Waals surface area contributed by atoms with E-state index in [0.29, 0.717) is 0 Å². The van der Waals surface area contributed by atoms with Crippen LogP contribution in [0.1, 0.15) is 21.5 Å². The molecule has 5 heteroatoms. The molecule has 0 heterocycles. The lowest BCUT2D eigenvalue weighted by Gasteiger charge is -2.13. The van der Waals surface area contributed by atoms with Crippen molar-refractivity contribution in [2.45, 2.75) is 13.8 Å². The zero-order chi connectivity index (χ0) is 14.9. The van der Waals surface area contributed by atoms with Gasteiger partial charge in [0, 0.05) is 11.4 Å². The van der Waals surface area contributed by atoms with Crippen LogP contribution < -0.4 is 16.8 Å². The van der Waals surface area contributed by atoms with E-state index in [1.807, 2.05) is 32.0 Å². The smallest absolute Gasteiger partial charge is 0.250 e. The number of carbonyl (C=O) groups is 1. The molecule has 2 rings (SSSR count). The lowest BCUT2D eigenvalue weighted by atomic mass is 10.1. The van der Waals surface area contributed by atoms with Crippen LogP contribution in [0, 0.1) is 19.7 Å². The van der Waals surface area contributed by atoms with Gasteiger partial charge in [-0.1, -0.05) is 12.1 Å². The number of anilines is 3. The molecule has 0 aromatic heterocycles. The van der Waals surface area contributed by atoms with Crippen LogP contribution in [0.5, 0.6) is 0 Å². The summed E-state index contributed by atoms with van der Waals surface area (Å²) in [5, 5.41) is 2.97. The molecule has 20 heavy (non-hydrogen) atoms. The SMILES string of the molecule is Cc1cccc(Nc2cc(C(N)=O)c(N)cc2F)c1C. The summed E-state index contributed by atoms with van der Waals surface area (Å²) in [6, 6.07) is 8.09. The molecule has 0 fully saturated rings. The second-order valence-electron chi connectivity index (χ2n) is 4.66. The zero-order valence-corrected chi connectivity index (χ0v) is 11.3. The Morgan fingerprint density at radius 2 is 1.90 bits per heavy atom. The topological polar surface area (TPSA) is 81.1 Å². The van der Waals surface area contributed by atoms with Crippen molar-refractivity contribution in [3.05, 3.63) is 52.8 Å². The highest BCUT2D eigenvalue weighted by Gasteiger charge is 2.12. The van der Waals surface area contributed by atoms with Crippen molar-refractivity contribution in [1.29, 1.82) is 0 Å². The number of aryl methyl sites for hydroxylation is 1. The van der Waals surface area contributed by atoms with Gasteiger partial charge in [-0.15, -0.1) is 0 Å².